The van der Waals surface area contributed by atoms with Crippen LogP contribution in [-0.4, -0.2) is 13.1 Å². The Labute approximate surface area is 90.0 Å². The number of allylic oxidation sites excluding steroid dienone is 1. The van der Waals surface area contributed by atoms with E-state index in [1.54, 1.807) is 12.1 Å². The maximum atomic E-state index is 12.9. The Balaban J connectivity index is 1.96. The lowest BCUT2D eigenvalue weighted by molar-refractivity contribution is 0.607. The van der Waals surface area contributed by atoms with Gasteiger partial charge in [-0.25, -0.2) is 4.39 Å². The van der Waals surface area contributed by atoms with Crippen LogP contribution in [0.15, 0.2) is 35.9 Å². The molecule has 0 radical (unpaired) electrons. The molecule has 1 aliphatic heterocycles. The van der Waals surface area contributed by atoms with E-state index in [9.17, 15) is 4.39 Å². The summed E-state index contributed by atoms with van der Waals surface area (Å²) in [6.07, 6.45) is 5.47. The van der Waals surface area contributed by atoms with E-state index in [1.165, 1.54) is 24.5 Å². The van der Waals surface area contributed by atoms with Gasteiger partial charge in [0.1, 0.15) is 5.82 Å². The van der Waals surface area contributed by atoms with Crippen LogP contribution < -0.4 is 5.32 Å². The third kappa shape index (κ3) is 3.17. The Hall–Kier alpha value is -1.15. The van der Waals surface area contributed by atoms with Crippen molar-refractivity contribution in [3.8, 4) is 0 Å². The van der Waals surface area contributed by atoms with Gasteiger partial charge in [-0.2, -0.15) is 0 Å². The fourth-order valence-corrected chi connectivity index (χ4v) is 1.88. The molecule has 1 saturated heterocycles. The lowest BCUT2D eigenvalue weighted by Gasteiger charge is -2.15. The zero-order chi connectivity index (χ0) is 10.5. The van der Waals surface area contributed by atoms with Gasteiger partial charge < -0.3 is 5.32 Å². The highest BCUT2D eigenvalue weighted by molar-refractivity contribution is 5.21. The summed E-state index contributed by atoms with van der Waals surface area (Å²) in [5, 5.41) is 3.34. The second-order valence-corrected chi connectivity index (χ2v) is 3.98. The van der Waals surface area contributed by atoms with Crippen molar-refractivity contribution in [2.24, 2.45) is 0 Å². The molecule has 0 aliphatic carbocycles. The van der Waals surface area contributed by atoms with E-state index in [0.717, 1.165) is 25.1 Å². The molecule has 1 nitrogen and oxygen atoms in total. The maximum Gasteiger partial charge on any atom is 0.123 e. The topological polar surface area (TPSA) is 12.0 Å². The Bertz CT molecular complexity index is 349. The molecule has 1 aliphatic rings. The molecule has 1 fully saturated rings. The summed E-state index contributed by atoms with van der Waals surface area (Å²) >= 11 is 0. The fourth-order valence-electron chi connectivity index (χ4n) is 1.88. The van der Waals surface area contributed by atoms with Gasteiger partial charge in [0, 0.05) is 6.54 Å². The van der Waals surface area contributed by atoms with Crippen LogP contribution in [0.2, 0.25) is 0 Å². The number of benzene rings is 1. The Morgan fingerprint density at radius 2 is 2.33 bits per heavy atom. The van der Waals surface area contributed by atoms with Crippen molar-refractivity contribution >= 4 is 0 Å². The first-order valence-corrected chi connectivity index (χ1v) is 5.48. The van der Waals surface area contributed by atoms with E-state index >= 15 is 0 Å². The molecule has 2 heteroatoms. The number of nitrogens with one attached hydrogen (secondary N) is 1. The monoisotopic (exact) mass is 205 g/mol. The number of halogens is 1. The molecule has 1 N–H and O–H groups in total. The van der Waals surface area contributed by atoms with Crippen molar-refractivity contribution < 1.29 is 4.39 Å². The van der Waals surface area contributed by atoms with Crippen molar-refractivity contribution in [3.05, 3.63) is 47.3 Å². The van der Waals surface area contributed by atoms with Gasteiger partial charge in [-0.3, -0.25) is 0 Å². The largest absolute Gasteiger partial charge is 0.313 e. The van der Waals surface area contributed by atoms with Crippen LogP contribution in [0, 0.1) is 5.82 Å². The summed E-state index contributed by atoms with van der Waals surface area (Å²) in [6, 6.07) is 6.82. The van der Waals surface area contributed by atoms with Gasteiger partial charge in [0.15, 0.2) is 0 Å². The molecule has 2 rings (SSSR count). The Morgan fingerprint density at radius 1 is 1.40 bits per heavy atom. The smallest absolute Gasteiger partial charge is 0.123 e. The van der Waals surface area contributed by atoms with Crippen LogP contribution >= 0.6 is 0 Å². The van der Waals surface area contributed by atoms with Crippen LogP contribution in [0.4, 0.5) is 4.39 Å². The van der Waals surface area contributed by atoms with E-state index in [2.05, 4.69) is 11.4 Å². The molecule has 1 heterocycles. The molecule has 80 valence electrons. The predicted molar refractivity (Wildman–Crippen MR) is 60.3 cm³/mol. The number of hydrogen-bond acceptors (Lipinski definition) is 1. The van der Waals surface area contributed by atoms with E-state index in [-0.39, 0.29) is 5.82 Å². The molecular formula is C13H16FN. The SMILES string of the molecule is Fc1cccc(CC=C2CCCNC2)c1. The summed E-state index contributed by atoms with van der Waals surface area (Å²) in [5.41, 5.74) is 2.50. The standard InChI is InChI=1S/C13H16FN/c14-13-5-1-3-11(9-13)6-7-12-4-2-8-15-10-12/h1,3,5,7,9,15H,2,4,6,8,10H2. The lowest BCUT2D eigenvalue weighted by atomic mass is 10.0. The van der Waals surface area contributed by atoms with Gasteiger partial charge in [-0.1, -0.05) is 23.8 Å². The van der Waals surface area contributed by atoms with E-state index < -0.39 is 0 Å². The molecule has 1 aromatic rings. The van der Waals surface area contributed by atoms with Gasteiger partial charge >= 0.3 is 0 Å². The van der Waals surface area contributed by atoms with Gasteiger partial charge in [-0.15, -0.1) is 0 Å². The van der Waals surface area contributed by atoms with Gasteiger partial charge in [0.05, 0.1) is 0 Å². The highest BCUT2D eigenvalue weighted by Gasteiger charge is 2.03. The van der Waals surface area contributed by atoms with Crippen LogP contribution in [0.1, 0.15) is 18.4 Å². The van der Waals surface area contributed by atoms with Crippen LogP contribution in [0.3, 0.4) is 0 Å². The molecule has 0 amide bonds. The molecule has 0 spiro atoms. The predicted octanol–water partition coefficient (Wildman–Crippen LogP) is 2.68. The summed E-state index contributed by atoms with van der Waals surface area (Å²) in [5.74, 6) is -0.146. The van der Waals surface area contributed by atoms with Crippen molar-refractivity contribution in [2.75, 3.05) is 13.1 Å². The average Bonchev–Trinajstić information content (AvgIpc) is 2.28. The van der Waals surface area contributed by atoms with Crippen molar-refractivity contribution in [1.29, 1.82) is 0 Å². The third-order valence-corrected chi connectivity index (χ3v) is 2.72. The van der Waals surface area contributed by atoms with Crippen LogP contribution in [0.25, 0.3) is 0 Å². The van der Waals surface area contributed by atoms with Crippen molar-refractivity contribution in [3.63, 3.8) is 0 Å². The summed E-state index contributed by atoms with van der Waals surface area (Å²) in [6.45, 7) is 2.12. The van der Waals surface area contributed by atoms with Gasteiger partial charge in [0.25, 0.3) is 0 Å². The highest BCUT2D eigenvalue weighted by Crippen LogP contribution is 2.11. The normalized spacial score (nSPS) is 19.4. The second-order valence-electron chi connectivity index (χ2n) is 3.98. The first-order valence-electron chi connectivity index (χ1n) is 5.48. The Morgan fingerprint density at radius 3 is 3.07 bits per heavy atom. The highest BCUT2D eigenvalue weighted by atomic mass is 19.1. The molecule has 15 heavy (non-hydrogen) atoms. The fraction of sp³-hybridized carbons (Fsp3) is 0.385. The van der Waals surface area contributed by atoms with Gasteiger partial charge in [0.2, 0.25) is 0 Å². The minimum absolute atomic E-state index is 0.146. The number of rotatable bonds is 2. The van der Waals surface area contributed by atoms with Gasteiger partial charge in [-0.05, 0) is 43.5 Å². The molecule has 0 unspecified atom stereocenters. The molecular weight excluding hydrogens is 189 g/mol. The molecule has 0 aromatic heterocycles. The Kier molecular flexibility index (Phi) is 3.51. The second kappa shape index (κ2) is 5.08. The summed E-state index contributed by atoms with van der Waals surface area (Å²) in [4.78, 5) is 0. The first kappa shape index (κ1) is 10.4. The van der Waals surface area contributed by atoms with E-state index in [1.807, 2.05) is 6.07 Å². The zero-order valence-corrected chi connectivity index (χ0v) is 8.80. The maximum absolute atomic E-state index is 12.9. The minimum Gasteiger partial charge on any atom is -0.313 e. The quantitative estimate of drug-likeness (QED) is 0.732. The lowest BCUT2D eigenvalue weighted by Crippen LogP contribution is -2.23. The zero-order valence-electron chi connectivity index (χ0n) is 8.80. The number of hydrogen-bond donors (Lipinski definition) is 1. The first-order chi connectivity index (χ1) is 7.34. The molecule has 0 atom stereocenters. The third-order valence-electron chi connectivity index (χ3n) is 2.72. The van der Waals surface area contributed by atoms with E-state index in [0.29, 0.717) is 0 Å². The average molecular weight is 205 g/mol. The summed E-state index contributed by atoms with van der Waals surface area (Å²) < 4.78 is 12.9. The van der Waals surface area contributed by atoms with Crippen LogP contribution in [-0.2, 0) is 6.42 Å². The number of piperidine rings is 1. The van der Waals surface area contributed by atoms with Crippen molar-refractivity contribution in [2.45, 2.75) is 19.3 Å². The molecule has 0 bridgehead atoms. The van der Waals surface area contributed by atoms with Crippen molar-refractivity contribution in [1.82, 2.24) is 5.32 Å². The molecule has 0 saturated carbocycles. The van der Waals surface area contributed by atoms with E-state index in [4.69, 9.17) is 0 Å². The minimum atomic E-state index is -0.146. The summed E-state index contributed by atoms with van der Waals surface area (Å²) in [7, 11) is 0. The molecule has 1 aromatic carbocycles. The van der Waals surface area contributed by atoms with Crippen LogP contribution in [0.5, 0.6) is 0 Å².